The van der Waals surface area contributed by atoms with E-state index in [1.807, 2.05) is 13.8 Å². The lowest BCUT2D eigenvalue weighted by molar-refractivity contribution is -0.135. The summed E-state index contributed by atoms with van der Waals surface area (Å²) in [4.78, 5) is 37.7. The molecule has 0 atom stereocenters. The van der Waals surface area contributed by atoms with Crippen LogP contribution in [-0.2, 0) is 9.59 Å². The van der Waals surface area contributed by atoms with E-state index in [0.717, 1.165) is 17.7 Å². The third-order valence-corrected chi connectivity index (χ3v) is 4.87. The highest BCUT2D eigenvalue weighted by Gasteiger charge is 2.52. The van der Waals surface area contributed by atoms with Gasteiger partial charge in [-0.15, -0.1) is 6.42 Å². The van der Waals surface area contributed by atoms with Crippen molar-refractivity contribution in [3.8, 4) is 12.3 Å². The van der Waals surface area contributed by atoms with Crippen molar-refractivity contribution in [2.75, 3.05) is 6.54 Å². The topological polar surface area (TPSA) is 78.5 Å². The first kappa shape index (κ1) is 16.3. The van der Waals surface area contributed by atoms with Gasteiger partial charge in [0, 0.05) is 0 Å². The van der Waals surface area contributed by atoms with E-state index in [1.165, 1.54) is 0 Å². The normalized spacial score (nSPS) is 20.1. The van der Waals surface area contributed by atoms with Gasteiger partial charge < -0.3 is 10.6 Å². The molecule has 0 bridgehead atoms. The number of carbonyl (C=O) groups is 3. The monoisotopic (exact) mass is 305 g/mol. The molecule has 2 N–H and O–H groups in total. The number of nitrogens with one attached hydrogen (secondary N) is 2. The summed E-state index contributed by atoms with van der Waals surface area (Å²) in [6, 6.07) is -0.485. The fraction of sp³-hybridized carbons (Fsp3) is 0.688. The van der Waals surface area contributed by atoms with E-state index >= 15 is 0 Å². The number of terminal acetylenes is 1. The molecule has 1 aliphatic carbocycles. The van der Waals surface area contributed by atoms with Gasteiger partial charge in [0.25, 0.3) is 5.91 Å². The Bertz CT molecular complexity index is 525. The molecule has 1 aliphatic heterocycles. The number of imide groups is 1. The van der Waals surface area contributed by atoms with E-state index in [-0.39, 0.29) is 12.5 Å². The highest BCUT2D eigenvalue weighted by atomic mass is 16.2. The van der Waals surface area contributed by atoms with E-state index in [4.69, 9.17) is 6.42 Å². The minimum Gasteiger partial charge on any atom is -0.338 e. The number of urea groups is 1. The van der Waals surface area contributed by atoms with Crippen molar-refractivity contribution in [3.63, 3.8) is 0 Å². The van der Waals surface area contributed by atoms with Gasteiger partial charge in [-0.1, -0.05) is 32.6 Å². The second-order valence-electron chi connectivity index (χ2n) is 6.09. The fourth-order valence-electron chi connectivity index (χ4n) is 3.25. The molecule has 2 rings (SSSR count). The van der Waals surface area contributed by atoms with Gasteiger partial charge >= 0.3 is 6.03 Å². The standard InChI is InChI=1S/C16H23N3O3/c1-4-15(5-2,6-3)17-12(20)11-19-13(21)16(18-14(19)22)9-7-8-10-16/h1H,5-11H2,2-3H3,(H,17,20)(H,18,22). The number of nitrogens with zero attached hydrogens (tertiary/aromatic N) is 1. The third-order valence-electron chi connectivity index (χ3n) is 4.87. The molecule has 2 fully saturated rings. The van der Waals surface area contributed by atoms with Crippen molar-refractivity contribution in [1.82, 2.24) is 15.5 Å². The molecule has 4 amide bonds. The minimum absolute atomic E-state index is 0.282. The molecular formula is C16H23N3O3. The van der Waals surface area contributed by atoms with Crippen LogP contribution in [0.15, 0.2) is 0 Å². The first-order valence-electron chi connectivity index (χ1n) is 7.85. The van der Waals surface area contributed by atoms with Crippen LogP contribution in [0.2, 0.25) is 0 Å². The highest BCUT2D eigenvalue weighted by molar-refractivity contribution is 6.09. The van der Waals surface area contributed by atoms with E-state index in [2.05, 4.69) is 16.6 Å². The Morgan fingerprint density at radius 2 is 1.95 bits per heavy atom. The number of hydrogen-bond acceptors (Lipinski definition) is 3. The zero-order chi connectivity index (χ0) is 16.4. The van der Waals surface area contributed by atoms with Crippen molar-refractivity contribution in [3.05, 3.63) is 0 Å². The molecule has 1 saturated carbocycles. The average Bonchev–Trinajstić information content (AvgIpc) is 3.06. The van der Waals surface area contributed by atoms with Crippen LogP contribution in [0.5, 0.6) is 0 Å². The van der Waals surface area contributed by atoms with Crippen molar-refractivity contribution in [1.29, 1.82) is 0 Å². The number of hydrogen-bond donors (Lipinski definition) is 2. The molecule has 2 aliphatic rings. The summed E-state index contributed by atoms with van der Waals surface area (Å²) in [6.45, 7) is 3.51. The fourth-order valence-corrected chi connectivity index (χ4v) is 3.25. The highest BCUT2D eigenvalue weighted by Crippen LogP contribution is 2.34. The predicted octanol–water partition coefficient (Wildman–Crippen LogP) is 1.16. The zero-order valence-electron chi connectivity index (χ0n) is 13.2. The van der Waals surface area contributed by atoms with Gasteiger partial charge in [-0.3, -0.25) is 14.5 Å². The summed E-state index contributed by atoms with van der Waals surface area (Å²) < 4.78 is 0. The van der Waals surface area contributed by atoms with Crippen LogP contribution in [0, 0.1) is 12.3 Å². The Kier molecular flexibility index (Phi) is 4.45. The van der Waals surface area contributed by atoms with Crippen LogP contribution in [0.3, 0.4) is 0 Å². The third kappa shape index (κ3) is 2.68. The van der Waals surface area contributed by atoms with Crippen LogP contribution in [-0.4, -0.2) is 40.4 Å². The van der Waals surface area contributed by atoms with E-state index in [9.17, 15) is 14.4 Å². The zero-order valence-corrected chi connectivity index (χ0v) is 13.2. The maximum atomic E-state index is 12.5. The van der Waals surface area contributed by atoms with Crippen molar-refractivity contribution in [2.24, 2.45) is 0 Å². The van der Waals surface area contributed by atoms with Crippen molar-refractivity contribution < 1.29 is 14.4 Å². The molecule has 0 radical (unpaired) electrons. The Morgan fingerprint density at radius 1 is 1.36 bits per heavy atom. The van der Waals surface area contributed by atoms with Crippen molar-refractivity contribution >= 4 is 17.8 Å². The molecule has 22 heavy (non-hydrogen) atoms. The molecule has 0 unspecified atom stereocenters. The Labute approximate surface area is 131 Å². The summed E-state index contributed by atoms with van der Waals surface area (Å²) in [7, 11) is 0. The SMILES string of the molecule is C#CC(CC)(CC)NC(=O)CN1C(=O)NC2(CCCC2)C1=O. The quantitative estimate of drug-likeness (QED) is 0.591. The van der Waals surface area contributed by atoms with Crippen LogP contribution in [0.25, 0.3) is 0 Å². The maximum Gasteiger partial charge on any atom is 0.325 e. The van der Waals surface area contributed by atoms with Gasteiger partial charge in [0.1, 0.15) is 17.6 Å². The lowest BCUT2D eigenvalue weighted by Gasteiger charge is -2.28. The molecule has 1 spiro atoms. The summed E-state index contributed by atoms with van der Waals surface area (Å²) in [6.07, 6.45) is 9.82. The average molecular weight is 305 g/mol. The summed E-state index contributed by atoms with van der Waals surface area (Å²) >= 11 is 0. The first-order valence-corrected chi connectivity index (χ1v) is 7.85. The Balaban J connectivity index is 2.05. The molecule has 120 valence electrons. The smallest absolute Gasteiger partial charge is 0.325 e. The molecule has 6 nitrogen and oxygen atoms in total. The summed E-state index contributed by atoms with van der Waals surface area (Å²) in [5.41, 5.74) is -1.50. The van der Waals surface area contributed by atoms with Gasteiger partial charge in [-0.05, 0) is 25.7 Å². The van der Waals surface area contributed by atoms with Gasteiger partial charge in [-0.2, -0.15) is 0 Å². The second-order valence-corrected chi connectivity index (χ2v) is 6.09. The molecular weight excluding hydrogens is 282 g/mol. The molecule has 0 aromatic rings. The lowest BCUT2D eigenvalue weighted by atomic mass is 9.94. The van der Waals surface area contributed by atoms with E-state index in [1.54, 1.807) is 0 Å². The number of carbonyl (C=O) groups excluding carboxylic acids is 3. The first-order chi connectivity index (χ1) is 10.4. The molecule has 0 aromatic carbocycles. The number of rotatable bonds is 5. The summed E-state index contributed by atoms with van der Waals surface area (Å²) in [5.74, 6) is 1.92. The Morgan fingerprint density at radius 3 is 2.45 bits per heavy atom. The van der Waals surface area contributed by atoms with Gasteiger partial charge in [-0.25, -0.2) is 4.79 Å². The van der Waals surface area contributed by atoms with Crippen LogP contribution < -0.4 is 10.6 Å². The number of amides is 4. The largest absolute Gasteiger partial charge is 0.338 e. The van der Waals surface area contributed by atoms with Crippen LogP contribution in [0.4, 0.5) is 4.79 Å². The minimum atomic E-state index is -0.782. The van der Waals surface area contributed by atoms with Crippen LogP contribution >= 0.6 is 0 Å². The van der Waals surface area contributed by atoms with Gasteiger partial charge in [0.2, 0.25) is 5.91 Å². The molecule has 0 aromatic heterocycles. The van der Waals surface area contributed by atoms with Gasteiger partial charge in [0.15, 0.2) is 0 Å². The van der Waals surface area contributed by atoms with E-state index < -0.39 is 23.0 Å². The summed E-state index contributed by atoms with van der Waals surface area (Å²) in [5, 5.41) is 5.53. The second kappa shape index (κ2) is 5.99. The van der Waals surface area contributed by atoms with Gasteiger partial charge in [0.05, 0.1) is 0 Å². The lowest BCUT2D eigenvalue weighted by Crippen LogP contribution is -2.51. The van der Waals surface area contributed by atoms with Crippen LogP contribution in [0.1, 0.15) is 52.4 Å². The van der Waals surface area contributed by atoms with E-state index in [0.29, 0.717) is 25.7 Å². The predicted molar refractivity (Wildman–Crippen MR) is 81.7 cm³/mol. The maximum absolute atomic E-state index is 12.5. The Hall–Kier alpha value is -2.03. The van der Waals surface area contributed by atoms with Crippen molar-refractivity contribution in [2.45, 2.75) is 63.5 Å². The molecule has 6 heteroatoms. The molecule has 1 heterocycles. The molecule has 1 saturated heterocycles.